The first-order chi connectivity index (χ1) is 6.34. The largest absolute Gasteiger partial charge is 0.461 e. The van der Waals surface area contributed by atoms with E-state index >= 15 is 0 Å². The minimum absolute atomic E-state index is 0.0261. The van der Waals surface area contributed by atoms with E-state index in [2.05, 4.69) is 6.58 Å². The van der Waals surface area contributed by atoms with Gasteiger partial charge in [0.2, 0.25) is 0 Å². The zero-order chi connectivity index (χ0) is 9.52. The van der Waals surface area contributed by atoms with Gasteiger partial charge >= 0.3 is 5.97 Å². The molecule has 0 radical (unpaired) electrons. The van der Waals surface area contributed by atoms with E-state index in [0.29, 0.717) is 6.61 Å². The second-order valence-electron chi connectivity index (χ2n) is 3.61. The SMILES string of the molecule is C=CCOC(=O)C1CCCCCC1. The normalized spacial score (nSPS) is 19.1. The maximum atomic E-state index is 11.4. The van der Waals surface area contributed by atoms with Gasteiger partial charge in [-0.05, 0) is 12.8 Å². The highest BCUT2D eigenvalue weighted by Crippen LogP contribution is 2.23. The van der Waals surface area contributed by atoms with Gasteiger partial charge in [-0.25, -0.2) is 0 Å². The fourth-order valence-corrected chi connectivity index (χ4v) is 1.77. The zero-order valence-corrected chi connectivity index (χ0v) is 8.13. The first kappa shape index (κ1) is 10.3. The van der Waals surface area contributed by atoms with Crippen molar-refractivity contribution < 1.29 is 9.53 Å². The smallest absolute Gasteiger partial charge is 0.309 e. The summed E-state index contributed by atoms with van der Waals surface area (Å²) in [5.41, 5.74) is 0. The van der Waals surface area contributed by atoms with E-state index in [1.807, 2.05) is 0 Å². The Morgan fingerprint density at radius 1 is 1.31 bits per heavy atom. The van der Waals surface area contributed by atoms with Crippen molar-refractivity contribution in [3.63, 3.8) is 0 Å². The first-order valence-corrected chi connectivity index (χ1v) is 5.12. The predicted octanol–water partition coefficient (Wildman–Crippen LogP) is 2.69. The molecule has 1 aliphatic rings. The van der Waals surface area contributed by atoms with Crippen LogP contribution < -0.4 is 0 Å². The molecule has 0 bridgehead atoms. The van der Waals surface area contributed by atoms with Crippen LogP contribution in [0.25, 0.3) is 0 Å². The van der Waals surface area contributed by atoms with Crippen molar-refractivity contribution in [3.05, 3.63) is 12.7 Å². The molecule has 13 heavy (non-hydrogen) atoms. The van der Waals surface area contributed by atoms with Crippen LogP contribution in [0.3, 0.4) is 0 Å². The third-order valence-corrected chi connectivity index (χ3v) is 2.53. The molecule has 0 N–H and O–H groups in total. The third-order valence-electron chi connectivity index (χ3n) is 2.53. The molecule has 0 atom stereocenters. The lowest BCUT2D eigenvalue weighted by Crippen LogP contribution is -2.17. The second kappa shape index (κ2) is 5.79. The van der Waals surface area contributed by atoms with Crippen molar-refractivity contribution in [2.45, 2.75) is 38.5 Å². The van der Waals surface area contributed by atoms with E-state index < -0.39 is 0 Å². The van der Waals surface area contributed by atoms with E-state index in [9.17, 15) is 4.79 Å². The van der Waals surface area contributed by atoms with Crippen molar-refractivity contribution in [2.75, 3.05) is 6.61 Å². The van der Waals surface area contributed by atoms with Crippen molar-refractivity contribution in [2.24, 2.45) is 5.92 Å². The summed E-state index contributed by atoms with van der Waals surface area (Å²) in [4.78, 5) is 11.4. The molecule has 0 amide bonds. The fraction of sp³-hybridized carbons (Fsp3) is 0.727. The van der Waals surface area contributed by atoms with Crippen molar-refractivity contribution in [1.29, 1.82) is 0 Å². The highest BCUT2D eigenvalue weighted by molar-refractivity contribution is 5.72. The van der Waals surface area contributed by atoms with Gasteiger partial charge in [0.1, 0.15) is 6.61 Å². The fourth-order valence-electron chi connectivity index (χ4n) is 1.77. The molecular weight excluding hydrogens is 164 g/mol. The van der Waals surface area contributed by atoms with Crippen LogP contribution in [0.15, 0.2) is 12.7 Å². The Kier molecular flexibility index (Phi) is 4.58. The standard InChI is InChI=1S/C11H18O2/c1-2-9-13-11(12)10-7-5-3-4-6-8-10/h2,10H,1,3-9H2. The van der Waals surface area contributed by atoms with Crippen LogP contribution in [-0.2, 0) is 9.53 Å². The summed E-state index contributed by atoms with van der Waals surface area (Å²) >= 11 is 0. The number of hydrogen-bond acceptors (Lipinski definition) is 2. The molecule has 0 aromatic rings. The number of rotatable bonds is 3. The summed E-state index contributed by atoms with van der Waals surface area (Å²) in [5.74, 6) is 0.129. The van der Waals surface area contributed by atoms with Crippen molar-refractivity contribution in [3.8, 4) is 0 Å². The Bertz CT molecular complexity index is 167. The number of hydrogen-bond donors (Lipinski definition) is 0. The Hall–Kier alpha value is -0.790. The number of carbonyl (C=O) groups excluding carboxylic acids is 1. The zero-order valence-electron chi connectivity index (χ0n) is 8.13. The van der Waals surface area contributed by atoms with Crippen molar-refractivity contribution >= 4 is 5.97 Å². The molecule has 0 spiro atoms. The molecule has 2 heteroatoms. The highest BCUT2D eigenvalue weighted by Gasteiger charge is 2.20. The quantitative estimate of drug-likeness (QED) is 0.381. The Labute approximate surface area is 80.0 Å². The molecule has 1 rings (SSSR count). The molecule has 74 valence electrons. The molecule has 0 aromatic heterocycles. The Balaban J connectivity index is 2.30. The molecule has 0 heterocycles. The first-order valence-electron chi connectivity index (χ1n) is 5.12. The molecule has 0 aliphatic heterocycles. The lowest BCUT2D eigenvalue weighted by atomic mass is 10.0. The summed E-state index contributed by atoms with van der Waals surface area (Å²) in [7, 11) is 0. The van der Waals surface area contributed by atoms with Gasteiger partial charge in [0, 0.05) is 0 Å². The Morgan fingerprint density at radius 3 is 2.46 bits per heavy atom. The Morgan fingerprint density at radius 2 is 1.92 bits per heavy atom. The van der Waals surface area contributed by atoms with Crippen LogP contribution >= 0.6 is 0 Å². The van der Waals surface area contributed by atoms with Crippen LogP contribution in [0, 0.1) is 5.92 Å². The maximum absolute atomic E-state index is 11.4. The van der Waals surface area contributed by atoms with E-state index in [4.69, 9.17) is 4.74 Å². The molecule has 0 saturated heterocycles. The van der Waals surface area contributed by atoms with E-state index in [-0.39, 0.29) is 11.9 Å². The minimum atomic E-state index is -0.0261. The minimum Gasteiger partial charge on any atom is -0.461 e. The second-order valence-corrected chi connectivity index (χ2v) is 3.61. The molecule has 1 saturated carbocycles. The molecule has 0 unspecified atom stereocenters. The summed E-state index contributed by atoms with van der Waals surface area (Å²) < 4.78 is 5.03. The van der Waals surface area contributed by atoms with Crippen molar-refractivity contribution in [1.82, 2.24) is 0 Å². The summed E-state index contributed by atoms with van der Waals surface area (Å²) in [5, 5.41) is 0. The van der Waals surface area contributed by atoms with Gasteiger partial charge < -0.3 is 4.74 Å². The summed E-state index contributed by atoms with van der Waals surface area (Å²) in [6, 6.07) is 0. The van der Waals surface area contributed by atoms with Gasteiger partial charge in [-0.15, -0.1) is 0 Å². The lowest BCUT2D eigenvalue weighted by molar-refractivity contribution is -0.147. The average Bonchev–Trinajstić information content (AvgIpc) is 2.42. The topological polar surface area (TPSA) is 26.3 Å². The van der Waals surface area contributed by atoms with Crippen LogP contribution in [0.5, 0.6) is 0 Å². The summed E-state index contributed by atoms with van der Waals surface area (Å²) in [6.07, 6.45) is 8.53. The van der Waals surface area contributed by atoms with Gasteiger partial charge in [-0.1, -0.05) is 38.3 Å². The number of ether oxygens (including phenoxy) is 1. The average molecular weight is 182 g/mol. The van der Waals surface area contributed by atoms with Gasteiger partial charge in [-0.2, -0.15) is 0 Å². The monoisotopic (exact) mass is 182 g/mol. The third kappa shape index (κ3) is 3.62. The lowest BCUT2D eigenvalue weighted by Gasteiger charge is -2.11. The number of esters is 1. The molecule has 0 aromatic carbocycles. The van der Waals surface area contributed by atoms with E-state index in [1.165, 1.54) is 25.7 Å². The summed E-state index contributed by atoms with van der Waals surface area (Å²) in [6.45, 7) is 3.88. The van der Waals surface area contributed by atoms with Crippen LogP contribution in [0.2, 0.25) is 0 Å². The number of carbonyl (C=O) groups is 1. The predicted molar refractivity (Wildman–Crippen MR) is 52.3 cm³/mol. The van der Waals surface area contributed by atoms with Crippen LogP contribution in [0.4, 0.5) is 0 Å². The maximum Gasteiger partial charge on any atom is 0.309 e. The molecule has 1 aliphatic carbocycles. The van der Waals surface area contributed by atoms with Gasteiger partial charge in [0.25, 0.3) is 0 Å². The van der Waals surface area contributed by atoms with Crippen LogP contribution in [0.1, 0.15) is 38.5 Å². The molecule has 1 fully saturated rings. The molecule has 2 nitrogen and oxygen atoms in total. The van der Waals surface area contributed by atoms with Crippen LogP contribution in [-0.4, -0.2) is 12.6 Å². The van der Waals surface area contributed by atoms with Gasteiger partial charge in [0.15, 0.2) is 0 Å². The van der Waals surface area contributed by atoms with E-state index in [1.54, 1.807) is 6.08 Å². The molecular formula is C11H18O2. The van der Waals surface area contributed by atoms with Gasteiger partial charge in [-0.3, -0.25) is 4.79 Å². The van der Waals surface area contributed by atoms with E-state index in [0.717, 1.165) is 12.8 Å². The highest BCUT2D eigenvalue weighted by atomic mass is 16.5. The van der Waals surface area contributed by atoms with Gasteiger partial charge in [0.05, 0.1) is 5.92 Å².